The highest BCUT2D eigenvalue weighted by molar-refractivity contribution is 5.85. The summed E-state index contributed by atoms with van der Waals surface area (Å²) in [4.78, 5) is 22.4. The van der Waals surface area contributed by atoms with E-state index in [0.29, 0.717) is 38.7 Å². The molecule has 7 nitrogen and oxygen atoms in total. The lowest BCUT2D eigenvalue weighted by Crippen LogP contribution is -2.54. The van der Waals surface area contributed by atoms with Crippen LogP contribution in [0.15, 0.2) is 12.4 Å². The van der Waals surface area contributed by atoms with Crippen LogP contribution in [0.25, 0.3) is 0 Å². The summed E-state index contributed by atoms with van der Waals surface area (Å²) in [6, 6.07) is -0.355. The number of rotatable bonds is 4. The van der Waals surface area contributed by atoms with Crippen LogP contribution >= 0.6 is 0 Å². The molecule has 2 rings (SSSR count). The molecule has 1 saturated heterocycles. The SMILES string of the molecule is CCNC(=O)C1COCCN1c1cnc(CN)cn1. The zero-order valence-corrected chi connectivity index (χ0v) is 11.0. The zero-order chi connectivity index (χ0) is 13.7. The van der Waals surface area contributed by atoms with Crippen molar-refractivity contribution in [3.8, 4) is 0 Å². The predicted molar refractivity (Wildman–Crippen MR) is 70.6 cm³/mol. The van der Waals surface area contributed by atoms with Gasteiger partial charge in [-0.3, -0.25) is 9.78 Å². The monoisotopic (exact) mass is 265 g/mol. The van der Waals surface area contributed by atoms with E-state index in [1.165, 1.54) is 0 Å². The van der Waals surface area contributed by atoms with Crippen molar-refractivity contribution in [1.29, 1.82) is 0 Å². The maximum absolute atomic E-state index is 12.0. The highest BCUT2D eigenvalue weighted by Crippen LogP contribution is 2.16. The third-order valence-electron chi connectivity index (χ3n) is 2.98. The van der Waals surface area contributed by atoms with E-state index in [2.05, 4.69) is 15.3 Å². The molecule has 104 valence electrons. The van der Waals surface area contributed by atoms with Gasteiger partial charge >= 0.3 is 0 Å². The van der Waals surface area contributed by atoms with Crippen LogP contribution in [0.3, 0.4) is 0 Å². The van der Waals surface area contributed by atoms with Gasteiger partial charge in [-0.1, -0.05) is 0 Å². The van der Waals surface area contributed by atoms with Crippen LogP contribution in [-0.4, -0.2) is 48.2 Å². The van der Waals surface area contributed by atoms with Crippen molar-refractivity contribution in [3.05, 3.63) is 18.1 Å². The van der Waals surface area contributed by atoms with Gasteiger partial charge in [0.05, 0.1) is 31.3 Å². The summed E-state index contributed by atoms with van der Waals surface area (Å²) >= 11 is 0. The number of aromatic nitrogens is 2. The normalized spacial score (nSPS) is 19.3. The minimum atomic E-state index is -0.355. The first-order valence-electron chi connectivity index (χ1n) is 6.39. The molecule has 1 amide bonds. The molecular formula is C12H19N5O2. The maximum Gasteiger partial charge on any atom is 0.245 e. The number of amides is 1. The number of hydrogen-bond donors (Lipinski definition) is 2. The van der Waals surface area contributed by atoms with E-state index in [1.807, 2.05) is 11.8 Å². The molecule has 1 atom stereocenters. The Kier molecular flexibility index (Phi) is 4.64. The quantitative estimate of drug-likeness (QED) is 0.746. The summed E-state index contributed by atoms with van der Waals surface area (Å²) in [7, 11) is 0. The smallest absolute Gasteiger partial charge is 0.245 e. The number of morpholine rings is 1. The molecular weight excluding hydrogens is 246 g/mol. The fourth-order valence-corrected chi connectivity index (χ4v) is 1.99. The van der Waals surface area contributed by atoms with Crippen LogP contribution in [0.4, 0.5) is 5.82 Å². The number of nitrogens with one attached hydrogen (secondary N) is 1. The molecule has 7 heteroatoms. The summed E-state index contributed by atoms with van der Waals surface area (Å²) in [5, 5.41) is 2.81. The van der Waals surface area contributed by atoms with E-state index in [-0.39, 0.29) is 11.9 Å². The second-order valence-corrected chi connectivity index (χ2v) is 4.25. The van der Waals surface area contributed by atoms with Crippen LogP contribution in [-0.2, 0) is 16.1 Å². The van der Waals surface area contributed by atoms with Gasteiger partial charge in [-0.05, 0) is 6.92 Å². The van der Waals surface area contributed by atoms with Gasteiger partial charge in [0.15, 0.2) is 0 Å². The third kappa shape index (κ3) is 3.18. The fraction of sp³-hybridized carbons (Fsp3) is 0.583. The Labute approximate surface area is 112 Å². The maximum atomic E-state index is 12.0. The second kappa shape index (κ2) is 6.44. The number of carbonyl (C=O) groups excluding carboxylic acids is 1. The molecule has 0 spiro atoms. The summed E-state index contributed by atoms with van der Waals surface area (Å²) in [5.41, 5.74) is 6.22. The van der Waals surface area contributed by atoms with Crippen LogP contribution < -0.4 is 16.0 Å². The Bertz CT molecular complexity index is 423. The van der Waals surface area contributed by atoms with Crippen molar-refractivity contribution >= 4 is 11.7 Å². The lowest BCUT2D eigenvalue weighted by atomic mass is 10.2. The lowest BCUT2D eigenvalue weighted by Gasteiger charge is -2.35. The molecule has 1 aromatic rings. The van der Waals surface area contributed by atoms with Crippen LogP contribution in [0, 0.1) is 0 Å². The first-order chi connectivity index (χ1) is 9.26. The van der Waals surface area contributed by atoms with E-state index < -0.39 is 0 Å². The first-order valence-corrected chi connectivity index (χ1v) is 6.39. The van der Waals surface area contributed by atoms with Gasteiger partial charge in [0.1, 0.15) is 11.9 Å². The minimum Gasteiger partial charge on any atom is -0.377 e. The number of hydrogen-bond acceptors (Lipinski definition) is 6. The number of anilines is 1. The van der Waals surface area contributed by atoms with Crippen molar-refractivity contribution in [2.24, 2.45) is 5.73 Å². The van der Waals surface area contributed by atoms with Gasteiger partial charge in [0.25, 0.3) is 0 Å². The molecule has 2 heterocycles. The third-order valence-corrected chi connectivity index (χ3v) is 2.98. The average molecular weight is 265 g/mol. The molecule has 1 fully saturated rings. The Morgan fingerprint density at radius 1 is 1.58 bits per heavy atom. The van der Waals surface area contributed by atoms with Crippen LogP contribution in [0.5, 0.6) is 0 Å². The number of carbonyl (C=O) groups is 1. The lowest BCUT2D eigenvalue weighted by molar-refractivity contribution is -0.124. The van der Waals surface area contributed by atoms with E-state index in [1.54, 1.807) is 12.4 Å². The van der Waals surface area contributed by atoms with E-state index >= 15 is 0 Å². The second-order valence-electron chi connectivity index (χ2n) is 4.25. The van der Waals surface area contributed by atoms with Gasteiger partial charge in [0.2, 0.25) is 5.91 Å². The molecule has 0 radical (unpaired) electrons. The van der Waals surface area contributed by atoms with Crippen molar-refractivity contribution in [3.63, 3.8) is 0 Å². The van der Waals surface area contributed by atoms with Gasteiger partial charge < -0.3 is 20.7 Å². The summed E-state index contributed by atoms with van der Waals surface area (Å²) in [5.74, 6) is 0.628. The van der Waals surface area contributed by atoms with E-state index in [0.717, 1.165) is 5.69 Å². The molecule has 0 aromatic carbocycles. The van der Waals surface area contributed by atoms with Crippen molar-refractivity contribution in [2.45, 2.75) is 19.5 Å². The van der Waals surface area contributed by atoms with Gasteiger partial charge in [0, 0.05) is 19.6 Å². The molecule has 3 N–H and O–H groups in total. The van der Waals surface area contributed by atoms with Crippen LogP contribution in [0.1, 0.15) is 12.6 Å². The summed E-state index contributed by atoms with van der Waals surface area (Å²) in [6.07, 6.45) is 3.29. The highest BCUT2D eigenvalue weighted by Gasteiger charge is 2.30. The van der Waals surface area contributed by atoms with E-state index in [9.17, 15) is 4.79 Å². The standard InChI is InChI=1S/C12H19N5O2/c1-2-14-12(18)10-8-19-4-3-17(10)11-7-15-9(5-13)6-16-11/h6-7,10H,2-5,8,13H2,1H3,(H,14,18). The first kappa shape index (κ1) is 13.7. The van der Waals surface area contributed by atoms with Crippen molar-refractivity contribution in [2.75, 3.05) is 31.2 Å². The number of nitrogens with two attached hydrogens (primary N) is 1. The van der Waals surface area contributed by atoms with Gasteiger partial charge in [-0.25, -0.2) is 4.98 Å². The molecule has 0 bridgehead atoms. The zero-order valence-electron chi connectivity index (χ0n) is 11.0. The Balaban J connectivity index is 2.15. The van der Waals surface area contributed by atoms with Crippen molar-refractivity contribution in [1.82, 2.24) is 15.3 Å². The number of nitrogens with zero attached hydrogens (tertiary/aromatic N) is 3. The Morgan fingerprint density at radius 2 is 2.42 bits per heavy atom. The molecule has 1 unspecified atom stereocenters. The minimum absolute atomic E-state index is 0.0492. The Morgan fingerprint density at radius 3 is 3.05 bits per heavy atom. The molecule has 0 saturated carbocycles. The number of ether oxygens (including phenoxy) is 1. The summed E-state index contributed by atoms with van der Waals surface area (Å²) < 4.78 is 5.38. The van der Waals surface area contributed by atoms with Crippen molar-refractivity contribution < 1.29 is 9.53 Å². The van der Waals surface area contributed by atoms with Gasteiger partial charge in [-0.15, -0.1) is 0 Å². The topological polar surface area (TPSA) is 93.4 Å². The molecule has 1 aromatic heterocycles. The van der Waals surface area contributed by atoms with Gasteiger partial charge in [-0.2, -0.15) is 0 Å². The summed E-state index contributed by atoms with van der Waals surface area (Å²) in [6.45, 7) is 4.42. The molecule has 1 aliphatic heterocycles. The molecule has 1 aliphatic rings. The number of likely N-dealkylation sites (N-methyl/N-ethyl adjacent to an activating group) is 1. The predicted octanol–water partition coefficient (Wildman–Crippen LogP) is -0.723. The highest BCUT2D eigenvalue weighted by atomic mass is 16.5. The fourth-order valence-electron chi connectivity index (χ4n) is 1.99. The largest absolute Gasteiger partial charge is 0.377 e. The van der Waals surface area contributed by atoms with Crippen LogP contribution in [0.2, 0.25) is 0 Å². The van der Waals surface area contributed by atoms with E-state index in [4.69, 9.17) is 10.5 Å². The Hall–Kier alpha value is -1.73. The average Bonchev–Trinajstić information content (AvgIpc) is 2.47. The molecule has 19 heavy (non-hydrogen) atoms. The molecule has 0 aliphatic carbocycles.